The normalized spacial score (nSPS) is 11.4. The van der Waals surface area contributed by atoms with E-state index in [9.17, 15) is 18.0 Å². The molecule has 0 aliphatic rings. The maximum absolute atomic E-state index is 13.0. The fraction of sp³-hybridized carbons (Fsp3) is 0.286. The van der Waals surface area contributed by atoms with Crippen molar-refractivity contribution in [3.05, 3.63) is 36.8 Å². The molecule has 24 heavy (non-hydrogen) atoms. The number of ether oxygens (including phenoxy) is 1. The third-order valence-electron chi connectivity index (χ3n) is 2.53. The SMILES string of the molecule is C=CC(=O)On1cnc(-c2cc(OC(C)C)nc(C(F)(F)F)c2)n1. The number of hydrogen-bond acceptors (Lipinski definition) is 6. The Kier molecular flexibility index (Phi) is 4.86. The van der Waals surface area contributed by atoms with E-state index in [1.54, 1.807) is 13.8 Å². The Labute approximate surface area is 134 Å². The number of aromatic nitrogens is 4. The molecular formula is C14H13F3N4O3. The molecule has 0 aromatic carbocycles. The summed E-state index contributed by atoms with van der Waals surface area (Å²) in [5.74, 6) is -1.09. The van der Waals surface area contributed by atoms with Crippen molar-refractivity contribution in [3.8, 4) is 17.3 Å². The molecule has 0 atom stereocenters. The van der Waals surface area contributed by atoms with Crippen molar-refractivity contribution in [2.75, 3.05) is 0 Å². The molecule has 7 nitrogen and oxygen atoms in total. The minimum Gasteiger partial charge on any atom is -0.475 e. The molecule has 0 amide bonds. The van der Waals surface area contributed by atoms with Crippen LogP contribution in [0, 0.1) is 0 Å². The van der Waals surface area contributed by atoms with Crippen molar-refractivity contribution in [1.82, 2.24) is 19.9 Å². The average molecular weight is 342 g/mol. The van der Waals surface area contributed by atoms with Crippen LogP contribution in [-0.4, -0.2) is 32.0 Å². The summed E-state index contributed by atoms with van der Waals surface area (Å²) in [4.78, 5) is 23.7. The van der Waals surface area contributed by atoms with Crippen molar-refractivity contribution in [3.63, 3.8) is 0 Å². The van der Waals surface area contributed by atoms with Gasteiger partial charge in [-0.25, -0.2) is 14.8 Å². The maximum atomic E-state index is 13.0. The zero-order valence-electron chi connectivity index (χ0n) is 12.7. The first-order chi connectivity index (χ1) is 11.2. The smallest absolute Gasteiger partial charge is 0.433 e. The molecule has 2 rings (SSSR count). The van der Waals surface area contributed by atoms with Crippen LogP contribution < -0.4 is 9.57 Å². The van der Waals surface area contributed by atoms with Gasteiger partial charge in [-0.15, -0.1) is 5.10 Å². The van der Waals surface area contributed by atoms with E-state index in [1.807, 2.05) is 0 Å². The van der Waals surface area contributed by atoms with Crippen molar-refractivity contribution in [2.45, 2.75) is 26.1 Å². The van der Waals surface area contributed by atoms with E-state index in [4.69, 9.17) is 4.74 Å². The lowest BCUT2D eigenvalue weighted by atomic mass is 10.2. The van der Waals surface area contributed by atoms with Crippen LogP contribution in [0.2, 0.25) is 0 Å². The number of nitrogens with zero attached hydrogens (tertiary/aromatic N) is 4. The van der Waals surface area contributed by atoms with Gasteiger partial charge in [0, 0.05) is 17.7 Å². The van der Waals surface area contributed by atoms with E-state index in [-0.39, 0.29) is 23.4 Å². The Morgan fingerprint density at radius 2 is 2.08 bits per heavy atom. The Bertz CT molecular complexity index is 756. The second kappa shape index (κ2) is 6.69. The van der Waals surface area contributed by atoms with Crippen LogP contribution in [-0.2, 0) is 11.0 Å². The number of alkyl halides is 3. The van der Waals surface area contributed by atoms with E-state index < -0.39 is 17.8 Å². The number of rotatable bonds is 5. The van der Waals surface area contributed by atoms with Crippen LogP contribution in [0.4, 0.5) is 13.2 Å². The molecule has 10 heteroatoms. The van der Waals surface area contributed by atoms with Gasteiger partial charge >= 0.3 is 12.1 Å². The summed E-state index contributed by atoms with van der Waals surface area (Å²) >= 11 is 0. The molecule has 0 N–H and O–H groups in total. The highest BCUT2D eigenvalue weighted by atomic mass is 19.4. The monoisotopic (exact) mass is 342 g/mol. The van der Waals surface area contributed by atoms with Gasteiger partial charge in [-0.1, -0.05) is 11.4 Å². The maximum Gasteiger partial charge on any atom is 0.433 e. The Balaban J connectivity index is 2.41. The van der Waals surface area contributed by atoms with Gasteiger partial charge in [-0.3, -0.25) is 0 Å². The first kappa shape index (κ1) is 17.4. The van der Waals surface area contributed by atoms with Gasteiger partial charge in [0.1, 0.15) is 5.69 Å². The lowest BCUT2D eigenvalue weighted by Crippen LogP contribution is -2.17. The highest BCUT2D eigenvalue weighted by molar-refractivity contribution is 5.81. The molecule has 2 heterocycles. The van der Waals surface area contributed by atoms with E-state index in [2.05, 4.69) is 26.5 Å². The molecule has 0 saturated heterocycles. The fourth-order valence-electron chi connectivity index (χ4n) is 1.64. The number of carbonyl (C=O) groups is 1. The first-order valence-electron chi connectivity index (χ1n) is 6.71. The summed E-state index contributed by atoms with van der Waals surface area (Å²) in [6.07, 6.45) is -3.09. The summed E-state index contributed by atoms with van der Waals surface area (Å²) in [7, 11) is 0. The van der Waals surface area contributed by atoms with E-state index in [1.165, 1.54) is 6.07 Å². The van der Waals surface area contributed by atoms with Crippen LogP contribution in [0.3, 0.4) is 0 Å². The van der Waals surface area contributed by atoms with Gasteiger partial charge in [0.05, 0.1) is 6.10 Å². The Morgan fingerprint density at radius 3 is 2.67 bits per heavy atom. The van der Waals surface area contributed by atoms with Crippen molar-refractivity contribution < 1.29 is 27.5 Å². The molecule has 0 unspecified atom stereocenters. The second-order valence-corrected chi connectivity index (χ2v) is 4.83. The van der Waals surface area contributed by atoms with E-state index in [0.717, 1.165) is 23.3 Å². The van der Waals surface area contributed by atoms with Gasteiger partial charge < -0.3 is 9.57 Å². The van der Waals surface area contributed by atoms with Crippen molar-refractivity contribution in [2.24, 2.45) is 0 Å². The minimum absolute atomic E-state index is 0.0152. The zero-order valence-corrected chi connectivity index (χ0v) is 12.7. The van der Waals surface area contributed by atoms with Gasteiger partial charge in [-0.05, 0) is 19.9 Å². The molecule has 0 fully saturated rings. The van der Waals surface area contributed by atoms with Gasteiger partial charge in [0.25, 0.3) is 0 Å². The molecule has 0 radical (unpaired) electrons. The molecule has 0 aliphatic heterocycles. The van der Waals surface area contributed by atoms with Crippen LogP contribution >= 0.6 is 0 Å². The predicted molar refractivity (Wildman–Crippen MR) is 75.8 cm³/mol. The zero-order chi connectivity index (χ0) is 17.9. The Morgan fingerprint density at radius 1 is 1.38 bits per heavy atom. The number of carbonyl (C=O) groups excluding carboxylic acids is 1. The van der Waals surface area contributed by atoms with E-state index in [0.29, 0.717) is 0 Å². The lowest BCUT2D eigenvalue weighted by Gasteiger charge is -2.12. The predicted octanol–water partition coefficient (Wildman–Crippen LogP) is 2.29. The van der Waals surface area contributed by atoms with Crippen molar-refractivity contribution >= 4 is 5.97 Å². The highest BCUT2D eigenvalue weighted by Gasteiger charge is 2.34. The van der Waals surface area contributed by atoms with E-state index >= 15 is 0 Å². The topological polar surface area (TPSA) is 79.1 Å². The lowest BCUT2D eigenvalue weighted by molar-refractivity contribution is -0.141. The standard InChI is InChI=1S/C14H13F3N4O3/c1-4-12(22)24-21-7-18-13(20-21)9-5-10(14(15,16)17)19-11(6-9)23-8(2)3/h4-8H,1H2,2-3H3. The van der Waals surface area contributed by atoms with Crippen LogP contribution in [0.15, 0.2) is 31.1 Å². The van der Waals surface area contributed by atoms with Crippen LogP contribution in [0.25, 0.3) is 11.4 Å². The number of hydrogen-bond donors (Lipinski definition) is 0. The molecule has 0 bridgehead atoms. The minimum atomic E-state index is -4.66. The quantitative estimate of drug-likeness (QED) is 0.776. The summed E-state index contributed by atoms with van der Waals surface area (Å²) in [6.45, 7) is 6.53. The van der Waals surface area contributed by atoms with Crippen molar-refractivity contribution in [1.29, 1.82) is 0 Å². The molecular weight excluding hydrogens is 329 g/mol. The third-order valence-corrected chi connectivity index (χ3v) is 2.53. The number of pyridine rings is 1. The molecule has 2 aromatic heterocycles. The molecule has 2 aromatic rings. The number of halogens is 3. The van der Waals surface area contributed by atoms with Crippen LogP contribution in [0.5, 0.6) is 5.88 Å². The van der Waals surface area contributed by atoms with Gasteiger partial charge in [0.15, 0.2) is 12.2 Å². The van der Waals surface area contributed by atoms with Crippen LogP contribution in [0.1, 0.15) is 19.5 Å². The molecule has 0 saturated carbocycles. The van der Waals surface area contributed by atoms with Gasteiger partial charge in [0.2, 0.25) is 5.88 Å². The van der Waals surface area contributed by atoms with Gasteiger partial charge in [-0.2, -0.15) is 13.2 Å². The summed E-state index contributed by atoms with van der Waals surface area (Å²) in [5, 5.41) is 3.78. The molecule has 0 aliphatic carbocycles. The first-order valence-corrected chi connectivity index (χ1v) is 6.71. The second-order valence-electron chi connectivity index (χ2n) is 4.83. The summed E-state index contributed by atoms with van der Waals surface area (Å²) < 4.78 is 44.2. The largest absolute Gasteiger partial charge is 0.475 e. The summed E-state index contributed by atoms with van der Waals surface area (Å²) in [5.41, 5.74) is -1.13. The third kappa shape index (κ3) is 4.31. The fourth-order valence-corrected chi connectivity index (χ4v) is 1.64. The molecule has 0 spiro atoms. The average Bonchev–Trinajstić information content (AvgIpc) is 2.93. The summed E-state index contributed by atoms with van der Waals surface area (Å²) in [6, 6.07) is 2.05. The highest BCUT2D eigenvalue weighted by Crippen LogP contribution is 2.32. The Hall–Kier alpha value is -2.91. The molecule has 128 valence electrons.